The number of nitrogens with zero attached hydrogens (tertiary/aromatic N) is 7. The second-order valence-electron chi connectivity index (χ2n) is 19.3. The zero-order valence-electron chi connectivity index (χ0n) is 42.9. The number of aromatic nitrogens is 7. The van der Waals surface area contributed by atoms with Gasteiger partial charge in [-0.05, 0) is 102 Å². The number of benzene rings is 1. The van der Waals surface area contributed by atoms with Gasteiger partial charge in [-0.1, -0.05) is 44.2 Å². The Morgan fingerprint density at radius 2 is 1.84 bits per heavy atom. The van der Waals surface area contributed by atoms with Crippen molar-refractivity contribution in [3.8, 4) is 34.5 Å². The highest BCUT2D eigenvalue weighted by Gasteiger charge is 2.45. The summed E-state index contributed by atoms with van der Waals surface area (Å²) in [5, 5.41) is 31.0. The number of halogens is 1. The third-order valence-electron chi connectivity index (χ3n) is 13.2. The molecule has 0 saturated heterocycles. The van der Waals surface area contributed by atoms with Crippen LogP contribution in [-0.4, -0.2) is 127 Å². The summed E-state index contributed by atoms with van der Waals surface area (Å²) in [4.78, 5) is 93.4. The maximum Gasteiger partial charge on any atom is 0.343 e. The van der Waals surface area contributed by atoms with Crippen molar-refractivity contribution >= 4 is 52.7 Å². The molecular weight excluding hydrogens is 988 g/mol. The Morgan fingerprint density at radius 1 is 1.04 bits per heavy atom. The van der Waals surface area contributed by atoms with E-state index in [1.165, 1.54) is 10.6 Å². The average Bonchev–Trinajstić information content (AvgIpc) is 4.06. The Morgan fingerprint density at radius 3 is 2.57 bits per heavy atom. The minimum atomic E-state index is -2.02. The van der Waals surface area contributed by atoms with E-state index in [-0.39, 0.29) is 67.8 Å². The van der Waals surface area contributed by atoms with Crippen LogP contribution in [0.25, 0.3) is 33.5 Å². The molecule has 0 saturated carbocycles. The number of cyclic esters (lactones) is 1. The fourth-order valence-electron chi connectivity index (χ4n) is 8.91. The molecule has 4 aromatic heterocycles. The van der Waals surface area contributed by atoms with Crippen molar-refractivity contribution in [3.63, 3.8) is 0 Å². The summed E-state index contributed by atoms with van der Waals surface area (Å²) in [6.07, 6.45) is 9.07. The molecule has 6 heterocycles. The fraction of sp³-hybridized carbons (Fsp3) is 0.481. The highest BCUT2D eigenvalue weighted by molar-refractivity contribution is 7.71. The van der Waals surface area contributed by atoms with E-state index in [1.807, 2.05) is 25.2 Å². The van der Waals surface area contributed by atoms with Crippen LogP contribution in [0.1, 0.15) is 100.0 Å². The van der Waals surface area contributed by atoms with Gasteiger partial charge in [0.1, 0.15) is 43.5 Å². The lowest BCUT2D eigenvalue weighted by Crippen LogP contribution is -2.56. The summed E-state index contributed by atoms with van der Waals surface area (Å²) in [7, 11) is 3.88. The maximum atomic E-state index is 14.9. The van der Waals surface area contributed by atoms with Crippen LogP contribution in [0, 0.1) is 35.3 Å². The number of hydrogen-bond acceptors (Lipinski definition) is 15. The standard InChI is InChI=1S/C52H63FN12O9S/c1-7-52(72)37-21-42-46-35(26-65(42)49(70)36(37)28-74-50(52)71)33(34-20-31(4)38(53)22-40(34)58-46)14-13-19-73-29-57-44(67)25-54-47(68)39(15-10-12-17-63(5)6)59-48(69)45(30(2)3)60-43(66)16-9-8-11-18-64-27-41(61-62-64)32-23-55-51(75)56-24-32/h20-24,27,30,39,45,72H,7-12,15-19,25-26,28-29H2,1-6H3,(H,54,68)(H,57,67)(H,59,69)(H,60,66)(H,55,56,75)/t39-,45-,52-/m0/s1. The van der Waals surface area contributed by atoms with Gasteiger partial charge in [0.05, 0.1) is 41.8 Å². The SMILES string of the molecule is CC[C@@]1(O)C(=O)OCc2c1cc1n(c2=O)Cc2c-1nc1cc(F)c(C)cc1c2C#CCOCNC(=O)CNC(=O)[C@H](CCCCN(C)C)NC(=O)[C@@H](NC(=O)CCCCCn1cc(-c2cnc(=S)[nH]c2)nn1)C(C)C. The van der Waals surface area contributed by atoms with Crippen molar-refractivity contribution in [3.05, 3.63) is 85.5 Å². The van der Waals surface area contributed by atoms with Crippen LogP contribution in [0.4, 0.5) is 4.39 Å². The number of amides is 4. The number of ether oxygens (including phenoxy) is 2. The van der Waals surface area contributed by atoms with Crippen molar-refractivity contribution in [1.82, 2.24) is 60.7 Å². The summed E-state index contributed by atoms with van der Waals surface area (Å²) in [5.74, 6) is 2.49. The van der Waals surface area contributed by atoms with Gasteiger partial charge >= 0.3 is 5.97 Å². The van der Waals surface area contributed by atoms with Gasteiger partial charge in [0.25, 0.3) is 5.56 Å². The Balaban J connectivity index is 0.905. The first-order valence-corrected chi connectivity index (χ1v) is 25.4. The van der Waals surface area contributed by atoms with Gasteiger partial charge in [-0.3, -0.25) is 28.7 Å². The normalized spacial score (nSPS) is 15.3. The summed E-state index contributed by atoms with van der Waals surface area (Å²) in [5.41, 5.74) is 1.65. The van der Waals surface area contributed by atoms with Crippen molar-refractivity contribution < 1.29 is 42.9 Å². The van der Waals surface area contributed by atoms with Crippen LogP contribution in [0.5, 0.6) is 0 Å². The summed E-state index contributed by atoms with van der Waals surface area (Å²) >= 11 is 5.00. The lowest BCUT2D eigenvalue weighted by molar-refractivity contribution is -0.172. The van der Waals surface area contributed by atoms with Crippen molar-refractivity contribution in [1.29, 1.82) is 0 Å². The number of hydrogen-bond donors (Lipinski definition) is 6. The number of aliphatic hydroxyl groups is 1. The average molecular weight is 1050 g/mol. The van der Waals surface area contributed by atoms with Crippen LogP contribution in [0.3, 0.4) is 0 Å². The number of fused-ring (bicyclic) bond motifs is 5. The van der Waals surface area contributed by atoms with Gasteiger partial charge in [0.15, 0.2) is 10.4 Å². The third-order valence-corrected chi connectivity index (χ3v) is 13.4. The van der Waals surface area contributed by atoms with Gasteiger partial charge in [-0.15, -0.1) is 5.10 Å². The van der Waals surface area contributed by atoms with Crippen molar-refractivity contribution in [2.75, 3.05) is 40.5 Å². The largest absolute Gasteiger partial charge is 0.458 e. The number of aromatic amines is 1. The van der Waals surface area contributed by atoms with E-state index < -0.39 is 59.3 Å². The van der Waals surface area contributed by atoms with E-state index in [0.717, 1.165) is 31.4 Å². The fourth-order valence-corrected chi connectivity index (χ4v) is 9.02. The molecule has 0 unspecified atom stereocenters. The van der Waals surface area contributed by atoms with Crippen LogP contribution >= 0.6 is 12.2 Å². The van der Waals surface area contributed by atoms with E-state index in [0.29, 0.717) is 69.7 Å². The molecule has 398 valence electrons. The van der Waals surface area contributed by atoms with Gasteiger partial charge in [-0.25, -0.2) is 19.2 Å². The molecule has 1 aromatic carbocycles. The lowest BCUT2D eigenvalue weighted by Gasteiger charge is -2.31. The first-order valence-electron chi connectivity index (χ1n) is 25.0. The second-order valence-corrected chi connectivity index (χ2v) is 19.7. The number of nitrogens with one attached hydrogen (secondary N) is 5. The molecule has 4 amide bonds. The Labute approximate surface area is 437 Å². The van der Waals surface area contributed by atoms with Crippen LogP contribution in [0.15, 0.2) is 41.6 Å². The van der Waals surface area contributed by atoms with Gasteiger partial charge in [-0.2, -0.15) is 0 Å². The van der Waals surface area contributed by atoms with E-state index in [2.05, 4.69) is 53.4 Å². The minimum absolute atomic E-state index is 0.0274. The van der Waals surface area contributed by atoms with Gasteiger partial charge in [0, 0.05) is 59.1 Å². The molecule has 2 aliphatic rings. The van der Waals surface area contributed by atoms with Gasteiger partial charge in [0.2, 0.25) is 23.6 Å². The van der Waals surface area contributed by atoms with Crippen molar-refractivity contribution in [2.24, 2.45) is 5.92 Å². The molecule has 75 heavy (non-hydrogen) atoms. The minimum Gasteiger partial charge on any atom is -0.458 e. The molecule has 6 N–H and O–H groups in total. The van der Waals surface area contributed by atoms with E-state index >= 15 is 0 Å². The smallest absolute Gasteiger partial charge is 0.343 e. The van der Waals surface area contributed by atoms with Crippen LogP contribution < -0.4 is 26.8 Å². The Hall–Kier alpha value is -7.26. The monoisotopic (exact) mass is 1050 g/mol. The first kappa shape index (κ1) is 55.5. The number of H-pyrrole nitrogens is 1. The number of pyridine rings is 2. The molecule has 2 aliphatic heterocycles. The zero-order valence-corrected chi connectivity index (χ0v) is 43.7. The number of esters is 1. The van der Waals surface area contributed by atoms with E-state index in [1.54, 1.807) is 56.9 Å². The number of rotatable bonds is 23. The lowest BCUT2D eigenvalue weighted by atomic mass is 9.86. The molecule has 0 radical (unpaired) electrons. The quantitative estimate of drug-likeness (QED) is 0.0177. The summed E-state index contributed by atoms with van der Waals surface area (Å²) in [6, 6.07) is 2.60. The van der Waals surface area contributed by atoms with E-state index in [4.69, 9.17) is 26.7 Å². The Bertz CT molecular complexity index is 3140. The van der Waals surface area contributed by atoms with E-state index in [9.17, 15) is 38.3 Å². The number of carbonyl (C=O) groups is 5. The number of unbranched alkanes of at least 4 members (excludes halogenated alkanes) is 3. The first-order chi connectivity index (χ1) is 35.9. The summed E-state index contributed by atoms with van der Waals surface area (Å²) in [6.45, 7) is 7.16. The third kappa shape index (κ3) is 13.4. The highest BCUT2D eigenvalue weighted by atomic mass is 32.1. The molecule has 0 aliphatic carbocycles. The molecule has 7 rings (SSSR count). The predicted molar refractivity (Wildman–Crippen MR) is 276 cm³/mol. The molecule has 0 bridgehead atoms. The number of carbonyl (C=O) groups excluding carboxylic acids is 5. The molecular formula is C52H63FN12O9S. The molecule has 5 aromatic rings. The maximum absolute atomic E-state index is 14.9. The number of aryl methyl sites for hydroxylation is 2. The predicted octanol–water partition coefficient (Wildman–Crippen LogP) is 3.41. The zero-order chi connectivity index (χ0) is 54.0. The highest BCUT2D eigenvalue weighted by Crippen LogP contribution is 2.40. The van der Waals surface area contributed by atoms with Crippen LogP contribution in [0.2, 0.25) is 0 Å². The summed E-state index contributed by atoms with van der Waals surface area (Å²) < 4.78 is 29.3. The van der Waals surface area contributed by atoms with Crippen molar-refractivity contribution in [2.45, 2.75) is 116 Å². The molecule has 0 fully saturated rings. The topological polar surface area (TPSA) is 270 Å². The second kappa shape index (κ2) is 24.8. The molecule has 23 heteroatoms. The van der Waals surface area contributed by atoms with Crippen LogP contribution in [-0.2, 0) is 58.7 Å². The molecule has 21 nitrogen and oxygen atoms in total. The molecule has 3 atom stereocenters. The Kier molecular flexibility index (Phi) is 18.4. The molecule has 0 spiro atoms. The van der Waals surface area contributed by atoms with Gasteiger partial charge < -0.3 is 50.3 Å².